The van der Waals surface area contributed by atoms with Crippen LogP contribution in [0.4, 0.5) is 10.8 Å². The summed E-state index contributed by atoms with van der Waals surface area (Å²) in [5, 5.41) is 11.7. The zero-order chi connectivity index (χ0) is 19.6. The Morgan fingerprint density at radius 1 is 1.22 bits per heavy atom. The van der Waals surface area contributed by atoms with Crippen molar-refractivity contribution in [2.24, 2.45) is 0 Å². The van der Waals surface area contributed by atoms with Gasteiger partial charge in [0.1, 0.15) is 0 Å². The Labute approximate surface area is 167 Å². The molecule has 1 N–H and O–H groups in total. The summed E-state index contributed by atoms with van der Waals surface area (Å²) in [6.45, 7) is 8.02. The number of benzene rings is 1. The van der Waals surface area contributed by atoms with Crippen LogP contribution >= 0.6 is 23.1 Å². The van der Waals surface area contributed by atoms with Crippen LogP contribution in [0.5, 0.6) is 0 Å². The highest BCUT2D eigenvalue weighted by Gasteiger charge is 2.34. The van der Waals surface area contributed by atoms with Gasteiger partial charge in [-0.2, -0.15) is 0 Å². The van der Waals surface area contributed by atoms with Crippen LogP contribution in [0.2, 0.25) is 0 Å². The number of aromatic nitrogens is 2. The second kappa shape index (κ2) is 7.98. The Morgan fingerprint density at radius 2 is 1.89 bits per heavy atom. The Morgan fingerprint density at radius 3 is 2.44 bits per heavy atom. The number of thioether (sulfide) groups is 1. The highest BCUT2D eigenvalue weighted by Crippen LogP contribution is 2.35. The third kappa shape index (κ3) is 5.29. The van der Waals surface area contributed by atoms with E-state index >= 15 is 0 Å². The molecule has 1 aliphatic carbocycles. The van der Waals surface area contributed by atoms with E-state index in [9.17, 15) is 9.59 Å². The van der Waals surface area contributed by atoms with Crippen LogP contribution in [0.25, 0.3) is 0 Å². The fraction of sp³-hybridized carbons (Fsp3) is 0.474. The van der Waals surface area contributed by atoms with Gasteiger partial charge in [-0.15, -0.1) is 10.2 Å². The maximum atomic E-state index is 12.2. The third-order valence-corrected chi connectivity index (χ3v) is 6.27. The molecular formula is C19H24N4O2S2. The van der Waals surface area contributed by atoms with Gasteiger partial charge in [-0.3, -0.25) is 14.5 Å². The molecule has 144 valence electrons. The first kappa shape index (κ1) is 19.8. The van der Waals surface area contributed by atoms with Crippen molar-refractivity contribution in [3.05, 3.63) is 29.8 Å². The van der Waals surface area contributed by atoms with Gasteiger partial charge in [0.05, 0.1) is 5.75 Å². The highest BCUT2D eigenvalue weighted by molar-refractivity contribution is 8.01. The molecule has 0 unspecified atom stereocenters. The van der Waals surface area contributed by atoms with Crippen LogP contribution in [0.15, 0.2) is 28.6 Å². The number of hydrogen-bond donors (Lipinski definition) is 1. The highest BCUT2D eigenvalue weighted by atomic mass is 32.2. The Kier molecular flexibility index (Phi) is 5.86. The van der Waals surface area contributed by atoms with Gasteiger partial charge < -0.3 is 5.32 Å². The van der Waals surface area contributed by atoms with E-state index in [-0.39, 0.29) is 29.0 Å². The second-order valence-corrected chi connectivity index (χ2v) is 9.81. The first-order valence-corrected chi connectivity index (χ1v) is 10.7. The Balaban J connectivity index is 1.53. The normalized spacial score (nSPS) is 14.1. The first-order chi connectivity index (χ1) is 12.7. The van der Waals surface area contributed by atoms with Crippen molar-refractivity contribution >= 4 is 45.7 Å². The molecule has 2 amide bonds. The van der Waals surface area contributed by atoms with Crippen molar-refractivity contribution in [2.45, 2.75) is 56.3 Å². The molecule has 1 saturated carbocycles. The van der Waals surface area contributed by atoms with E-state index in [0.717, 1.165) is 18.5 Å². The van der Waals surface area contributed by atoms with Crippen molar-refractivity contribution < 1.29 is 9.59 Å². The van der Waals surface area contributed by atoms with E-state index in [2.05, 4.69) is 36.3 Å². The average molecular weight is 405 g/mol. The number of anilines is 2. The quantitative estimate of drug-likeness (QED) is 0.580. The number of hydrogen-bond acceptors (Lipinski definition) is 6. The lowest BCUT2D eigenvalue weighted by Gasteiger charge is -2.19. The van der Waals surface area contributed by atoms with Gasteiger partial charge in [0.25, 0.3) is 0 Å². The minimum atomic E-state index is -0.0918. The maximum Gasteiger partial charge on any atom is 0.234 e. The summed E-state index contributed by atoms with van der Waals surface area (Å²) < 4.78 is 0.690. The van der Waals surface area contributed by atoms with Gasteiger partial charge in [0, 0.05) is 18.7 Å². The summed E-state index contributed by atoms with van der Waals surface area (Å²) in [4.78, 5) is 25.7. The molecule has 1 aromatic carbocycles. The van der Waals surface area contributed by atoms with Crippen LogP contribution in [0.1, 0.15) is 46.1 Å². The molecule has 1 aromatic heterocycles. The van der Waals surface area contributed by atoms with Crippen molar-refractivity contribution in [3.63, 3.8) is 0 Å². The lowest BCUT2D eigenvalue weighted by Crippen LogP contribution is -2.30. The van der Waals surface area contributed by atoms with Gasteiger partial charge in [-0.05, 0) is 36.0 Å². The van der Waals surface area contributed by atoms with Crippen LogP contribution in [0, 0.1) is 0 Å². The number of carbonyl (C=O) groups is 2. The Hall–Kier alpha value is -1.93. The standard InChI is InChI=1S/C19H24N4O2S2/c1-12(24)23(15-9-10-15)17-21-22-18(27-17)26-11-16(25)20-14-7-5-13(6-8-14)19(2,3)4/h5-8,15H,9-11H2,1-4H3,(H,20,25). The van der Waals surface area contributed by atoms with Gasteiger partial charge in [0.15, 0.2) is 4.34 Å². The van der Waals surface area contributed by atoms with Crippen molar-refractivity contribution in [3.8, 4) is 0 Å². The predicted octanol–water partition coefficient (Wildman–Crippen LogP) is 4.08. The van der Waals surface area contributed by atoms with Gasteiger partial charge in [0.2, 0.25) is 16.9 Å². The van der Waals surface area contributed by atoms with Gasteiger partial charge in [-0.25, -0.2) is 0 Å². The predicted molar refractivity (Wildman–Crippen MR) is 111 cm³/mol. The summed E-state index contributed by atoms with van der Waals surface area (Å²) in [6.07, 6.45) is 2.02. The van der Waals surface area contributed by atoms with Crippen LogP contribution in [0.3, 0.4) is 0 Å². The summed E-state index contributed by atoms with van der Waals surface area (Å²) in [7, 11) is 0. The zero-order valence-electron chi connectivity index (χ0n) is 16.0. The molecule has 1 aliphatic rings. The van der Waals surface area contributed by atoms with E-state index in [0.29, 0.717) is 9.47 Å². The Bertz CT molecular complexity index is 823. The number of amides is 2. The van der Waals surface area contributed by atoms with Crippen LogP contribution < -0.4 is 10.2 Å². The van der Waals surface area contributed by atoms with Crippen molar-refractivity contribution in [1.82, 2.24) is 10.2 Å². The minimum Gasteiger partial charge on any atom is -0.325 e. The molecule has 27 heavy (non-hydrogen) atoms. The summed E-state index contributed by atoms with van der Waals surface area (Å²) in [5.41, 5.74) is 2.09. The fourth-order valence-corrected chi connectivity index (χ4v) is 4.37. The molecule has 6 nitrogen and oxygen atoms in total. The summed E-state index contributed by atoms with van der Waals surface area (Å²) >= 11 is 2.69. The number of nitrogens with zero attached hydrogens (tertiary/aromatic N) is 3. The van der Waals surface area contributed by atoms with E-state index in [1.54, 1.807) is 11.8 Å². The topological polar surface area (TPSA) is 75.2 Å². The molecule has 1 fully saturated rings. The van der Waals surface area contributed by atoms with Crippen molar-refractivity contribution in [1.29, 1.82) is 0 Å². The molecule has 0 spiro atoms. The zero-order valence-corrected chi connectivity index (χ0v) is 17.6. The summed E-state index contributed by atoms with van der Waals surface area (Å²) in [5.74, 6) is 0.145. The molecule has 0 saturated heterocycles. The molecule has 0 radical (unpaired) electrons. The molecular weight excluding hydrogens is 380 g/mol. The lowest BCUT2D eigenvalue weighted by atomic mass is 9.87. The molecule has 1 heterocycles. The molecule has 2 aromatic rings. The first-order valence-electron chi connectivity index (χ1n) is 8.90. The largest absolute Gasteiger partial charge is 0.325 e. The molecule has 0 aliphatic heterocycles. The molecule has 8 heteroatoms. The van der Waals surface area contributed by atoms with E-state index < -0.39 is 0 Å². The number of rotatable bonds is 6. The second-order valence-electron chi connectivity index (χ2n) is 7.63. The average Bonchev–Trinajstić information content (AvgIpc) is 3.30. The van der Waals surface area contributed by atoms with E-state index in [1.165, 1.54) is 28.7 Å². The molecule has 3 rings (SSSR count). The molecule has 0 bridgehead atoms. The minimum absolute atomic E-state index is 0.0124. The maximum absolute atomic E-state index is 12.2. The third-order valence-electron chi connectivity index (χ3n) is 4.21. The lowest BCUT2D eigenvalue weighted by molar-refractivity contribution is -0.116. The number of carbonyl (C=O) groups excluding carboxylic acids is 2. The SMILES string of the molecule is CC(=O)N(c1nnc(SCC(=O)Nc2ccc(C(C)(C)C)cc2)s1)C1CC1. The molecule has 0 atom stereocenters. The summed E-state index contributed by atoms with van der Waals surface area (Å²) in [6, 6.07) is 8.17. The van der Waals surface area contributed by atoms with E-state index in [1.807, 2.05) is 24.3 Å². The van der Waals surface area contributed by atoms with Gasteiger partial charge >= 0.3 is 0 Å². The van der Waals surface area contributed by atoms with E-state index in [4.69, 9.17) is 0 Å². The number of nitrogens with one attached hydrogen (secondary N) is 1. The van der Waals surface area contributed by atoms with Crippen LogP contribution in [-0.2, 0) is 15.0 Å². The van der Waals surface area contributed by atoms with Crippen LogP contribution in [-0.4, -0.2) is 33.8 Å². The monoisotopic (exact) mass is 404 g/mol. The fourth-order valence-electron chi connectivity index (χ4n) is 2.62. The van der Waals surface area contributed by atoms with Gasteiger partial charge in [-0.1, -0.05) is 56.0 Å². The van der Waals surface area contributed by atoms with Crippen molar-refractivity contribution in [2.75, 3.05) is 16.0 Å². The smallest absolute Gasteiger partial charge is 0.234 e.